The first-order valence-electron chi connectivity index (χ1n) is 3.95. The van der Waals surface area contributed by atoms with Crippen molar-refractivity contribution >= 4 is 0 Å². The molecule has 0 fully saturated rings. The zero-order valence-corrected chi connectivity index (χ0v) is 7.39. The van der Waals surface area contributed by atoms with Crippen molar-refractivity contribution in [3.05, 3.63) is 35.4 Å². The second-order valence-electron chi connectivity index (χ2n) is 2.06. The molecule has 1 aromatic carbocycles. The highest BCUT2D eigenvalue weighted by Crippen LogP contribution is 2.06. The summed E-state index contributed by atoms with van der Waals surface area (Å²) in [5.74, 6) is 0. The van der Waals surface area contributed by atoms with Crippen LogP contribution in [0.1, 0.15) is 25.0 Å². The van der Waals surface area contributed by atoms with Gasteiger partial charge in [0.1, 0.15) is 6.67 Å². The highest BCUT2D eigenvalue weighted by atomic mass is 19.1. The predicted octanol–water partition coefficient (Wildman–Crippen LogP) is 3.49. The standard InChI is InChI=1S/C8H9F.C2H6/c1-7-4-2-3-5-8(7)6-9;1-2/h2-5H,6H2,1H3;1-2H3. The molecule has 0 radical (unpaired) electrons. The zero-order valence-electron chi connectivity index (χ0n) is 7.39. The molecule has 0 N–H and O–H groups in total. The first kappa shape index (κ1) is 10.2. The van der Waals surface area contributed by atoms with Crippen molar-refractivity contribution in [2.24, 2.45) is 0 Å². The lowest BCUT2D eigenvalue weighted by Gasteiger charge is -1.96. The zero-order chi connectivity index (χ0) is 8.69. The maximum absolute atomic E-state index is 12.0. The molecule has 11 heavy (non-hydrogen) atoms. The van der Waals surface area contributed by atoms with E-state index >= 15 is 0 Å². The largest absolute Gasteiger partial charge is 0.246 e. The summed E-state index contributed by atoms with van der Waals surface area (Å²) in [5.41, 5.74) is 1.82. The molecule has 1 aromatic rings. The molecule has 0 aliphatic rings. The molecule has 0 spiro atoms. The molecule has 0 heterocycles. The molecular formula is C10H15F. The van der Waals surface area contributed by atoms with Crippen LogP contribution < -0.4 is 0 Å². The first-order chi connectivity index (χ1) is 5.34. The van der Waals surface area contributed by atoms with Crippen LogP contribution in [0.15, 0.2) is 24.3 Å². The Hall–Kier alpha value is -0.850. The molecule has 1 heteroatoms. The SMILES string of the molecule is CC.Cc1ccccc1CF. The summed E-state index contributed by atoms with van der Waals surface area (Å²) in [6.07, 6.45) is 0. The van der Waals surface area contributed by atoms with E-state index in [2.05, 4.69) is 0 Å². The second-order valence-corrected chi connectivity index (χ2v) is 2.06. The van der Waals surface area contributed by atoms with Crippen molar-refractivity contribution in [1.82, 2.24) is 0 Å². The predicted molar refractivity (Wildman–Crippen MR) is 47.3 cm³/mol. The third-order valence-electron chi connectivity index (χ3n) is 1.41. The van der Waals surface area contributed by atoms with Gasteiger partial charge in [-0.15, -0.1) is 0 Å². The summed E-state index contributed by atoms with van der Waals surface area (Å²) < 4.78 is 12.0. The Morgan fingerprint density at radius 1 is 1.18 bits per heavy atom. The number of hydrogen-bond donors (Lipinski definition) is 0. The Balaban J connectivity index is 0.000000461. The molecule has 0 atom stereocenters. The quantitative estimate of drug-likeness (QED) is 0.580. The fraction of sp³-hybridized carbons (Fsp3) is 0.400. The van der Waals surface area contributed by atoms with Crippen LogP contribution in [0.4, 0.5) is 4.39 Å². The maximum Gasteiger partial charge on any atom is 0.115 e. The Labute approximate surface area is 68.1 Å². The van der Waals surface area contributed by atoms with E-state index in [1.54, 1.807) is 6.07 Å². The van der Waals surface area contributed by atoms with Crippen LogP contribution in [0.25, 0.3) is 0 Å². The van der Waals surface area contributed by atoms with Crippen molar-refractivity contribution in [1.29, 1.82) is 0 Å². The number of rotatable bonds is 1. The van der Waals surface area contributed by atoms with Gasteiger partial charge in [0.25, 0.3) is 0 Å². The smallest absolute Gasteiger partial charge is 0.115 e. The normalized spacial score (nSPS) is 8.36. The van der Waals surface area contributed by atoms with Crippen molar-refractivity contribution in [3.8, 4) is 0 Å². The molecular weight excluding hydrogens is 139 g/mol. The molecule has 0 saturated carbocycles. The molecule has 0 unspecified atom stereocenters. The number of halogens is 1. The van der Waals surface area contributed by atoms with Crippen LogP contribution in [0.3, 0.4) is 0 Å². The molecule has 0 nitrogen and oxygen atoms in total. The first-order valence-corrected chi connectivity index (χ1v) is 3.95. The van der Waals surface area contributed by atoms with Gasteiger partial charge in [-0.1, -0.05) is 38.1 Å². The number of alkyl halides is 1. The molecule has 0 aliphatic heterocycles. The second kappa shape index (κ2) is 5.90. The summed E-state index contributed by atoms with van der Waals surface area (Å²) in [7, 11) is 0. The average Bonchev–Trinajstić information content (AvgIpc) is 2.09. The Morgan fingerprint density at radius 3 is 2.09 bits per heavy atom. The Kier molecular flexibility index (Phi) is 5.44. The lowest BCUT2D eigenvalue weighted by Crippen LogP contribution is -1.81. The topological polar surface area (TPSA) is 0 Å². The number of benzene rings is 1. The van der Waals surface area contributed by atoms with Crippen molar-refractivity contribution < 1.29 is 4.39 Å². The highest BCUT2D eigenvalue weighted by Gasteiger charge is 1.91. The van der Waals surface area contributed by atoms with Crippen LogP contribution >= 0.6 is 0 Å². The minimum Gasteiger partial charge on any atom is -0.246 e. The van der Waals surface area contributed by atoms with E-state index in [-0.39, 0.29) is 6.67 Å². The van der Waals surface area contributed by atoms with Crippen LogP contribution in [0.2, 0.25) is 0 Å². The van der Waals surface area contributed by atoms with E-state index in [1.807, 2.05) is 39.0 Å². The van der Waals surface area contributed by atoms with Gasteiger partial charge >= 0.3 is 0 Å². The fourth-order valence-corrected chi connectivity index (χ4v) is 0.760. The van der Waals surface area contributed by atoms with E-state index in [1.165, 1.54) is 0 Å². The summed E-state index contributed by atoms with van der Waals surface area (Å²) in [6, 6.07) is 7.47. The van der Waals surface area contributed by atoms with E-state index in [9.17, 15) is 4.39 Å². The van der Waals surface area contributed by atoms with Gasteiger partial charge < -0.3 is 0 Å². The van der Waals surface area contributed by atoms with Crippen molar-refractivity contribution in [3.63, 3.8) is 0 Å². The Morgan fingerprint density at radius 2 is 1.73 bits per heavy atom. The van der Waals surface area contributed by atoms with E-state index in [4.69, 9.17) is 0 Å². The number of hydrogen-bond acceptors (Lipinski definition) is 0. The van der Waals surface area contributed by atoms with Gasteiger partial charge in [-0.25, -0.2) is 4.39 Å². The lowest BCUT2D eigenvalue weighted by atomic mass is 10.1. The summed E-state index contributed by atoms with van der Waals surface area (Å²) >= 11 is 0. The molecule has 0 amide bonds. The monoisotopic (exact) mass is 154 g/mol. The molecule has 1 rings (SSSR count). The molecule has 62 valence electrons. The fourth-order valence-electron chi connectivity index (χ4n) is 0.760. The van der Waals surface area contributed by atoms with Gasteiger partial charge in [-0.3, -0.25) is 0 Å². The highest BCUT2D eigenvalue weighted by molar-refractivity contribution is 5.24. The minimum absolute atomic E-state index is 0.354. The van der Waals surface area contributed by atoms with E-state index < -0.39 is 0 Å². The third kappa shape index (κ3) is 3.17. The van der Waals surface area contributed by atoms with E-state index in [0.717, 1.165) is 11.1 Å². The van der Waals surface area contributed by atoms with Gasteiger partial charge in [0.05, 0.1) is 0 Å². The maximum atomic E-state index is 12.0. The van der Waals surface area contributed by atoms with Crippen LogP contribution in [0.5, 0.6) is 0 Å². The summed E-state index contributed by atoms with van der Waals surface area (Å²) in [5, 5.41) is 0. The average molecular weight is 154 g/mol. The molecule has 0 aromatic heterocycles. The lowest BCUT2D eigenvalue weighted by molar-refractivity contribution is 0.483. The van der Waals surface area contributed by atoms with Crippen LogP contribution in [-0.4, -0.2) is 0 Å². The van der Waals surface area contributed by atoms with E-state index in [0.29, 0.717) is 0 Å². The minimum atomic E-state index is -0.354. The van der Waals surface area contributed by atoms with Crippen molar-refractivity contribution in [2.75, 3.05) is 0 Å². The van der Waals surface area contributed by atoms with Gasteiger partial charge in [-0.05, 0) is 18.1 Å². The third-order valence-corrected chi connectivity index (χ3v) is 1.41. The van der Waals surface area contributed by atoms with Gasteiger partial charge in [0.2, 0.25) is 0 Å². The van der Waals surface area contributed by atoms with Gasteiger partial charge in [0.15, 0.2) is 0 Å². The number of aryl methyl sites for hydroxylation is 1. The molecule has 0 aliphatic carbocycles. The van der Waals surface area contributed by atoms with Crippen molar-refractivity contribution in [2.45, 2.75) is 27.4 Å². The molecule has 0 bridgehead atoms. The van der Waals surface area contributed by atoms with Gasteiger partial charge in [0, 0.05) is 0 Å². The van der Waals surface area contributed by atoms with Gasteiger partial charge in [-0.2, -0.15) is 0 Å². The summed E-state index contributed by atoms with van der Waals surface area (Å²) in [6.45, 7) is 5.56. The Bertz CT molecular complexity index is 194. The van der Waals surface area contributed by atoms with Crippen LogP contribution in [0, 0.1) is 6.92 Å². The summed E-state index contributed by atoms with van der Waals surface area (Å²) in [4.78, 5) is 0. The molecule has 0 saturated heterocycles. The van der Waals surface area contributed by atoms with Crippen LogP contribution in [-0.2, 0) is 6.67 Å².